The van der Waals surface area contributed by atoms with Gasteiger partial charge in [-0.15, -0.1) is 0 Å². The molecule has 1 heterocycles. The number of hydrogen-bond donors (Lipinski definition) is 1. The van der Waals surface area contributed by atoms with Gasteiger partial charge < -0.3 is 5.73 Å². The van der Waals surface area contributed by atoms with Crippen molar-refractivity contribution in [1.82, 2.24) is 9.78 Å². The van der Waals surface area contributed by atoms with E-state index in [0.29, 0.717) is 4.47 Å². The summed E-state index contributed by atoms with van der Waals surface area (Å²) in [5.41, 5.74) is 7.69. The maximum Gasteiger partial charge on any atom is 0.124 e. The number of aromatic nitrogens is 2. The van der Waals surface area contributed by atoms with Gasteiger partial charge in [-0.2, -0.15) is 5.10 Å². The molecule has 90 valence electrons. The average Bonchev–Trinajstić information content (AvgIpc) is 2.75. The fourth-order valence-corrected chi connectivity index (χ4v) is 2.14. The number of hydrogen-bond acceptors (Lipinski definition) is 2. The third-order valence-electron chi connectivity index (χ3n) is 2.58. The van der Waals surface area contributed by atoms with Crippen LogP contribution in [0.1, 0.15) is 24.1 Å². The van der Waals surface area contributed by atoms with Crippen LogP contribution in [0.4, 0.5) is 4.39 Å². The Morgan fingerprint density at radius 2 is 2.18 bits per heavy atom. The van der Waals surface area contributed by atoms with Gasteiger partial charge >= 0.3 is 0 Å². The summed E-state index contributed by atoms with van der Waals surface area (Å²) in [7, 11) is 0. The van der Waals surface area contributed by atoms with Crippen molar-refractivity contribution in [1.29, 1.82) is 0 Å². The van der Waals surface area contributed by atoms with Gasteiger partial charge in [0.1, 0.15) is 5.82 Å². The van der Waals surface area contributed by atoms with Gasteiger partial charge in [0.05, 0.1) is 12.2 Å². The van der Waals surface area contributed by atoms with Gasteiger partial charge in [0.2, 0.25) is 0 Å². The van der Waals surface area contributed by atoms with Crippen LogP contribution in [0.5, 0.6) is 0 Å². The normalized spacial score (nSPS) is 12.7. The second-order valence-electron chi connectivity index (χ2n) is 3.81. The molecule has 2 N–H and O–H groups in total. The van der Waals surface area contributed by atoms with E-state index >= 15 is 0 Å². The smallest absolute Gasteiger partial charge is 0.124 e. The summed E-state index contributed by atoms with van der Waals surface area (Å²) < 4.78 is 15.8. The Morgan fingerprint density at radius 3 is 2.76 bits per heavy atom. The first-order valence-electron chi connectivity index (χ1n) is 5.34. The number of nitrogens with two attached hydrogens (primary N) is 1. The van der Waals surface area contributed by atoms with Gasteiger partial charge in [-0.3, -0.25) is 4.68 Å². The van der Waals surface area contributed by atoms with Gasteiger partial charge in [0.25, 0.3) is 0 Å². The minimum Gasteiger partial charge on any atom is -0.320 e. The topological polar surface area (TPSA) is 43.8 Å². The molecule has 3 nitrogen and oxygen atoms in total. The molecule has 5 heteroatoms. The van der Waals surface area contributed by atoms with Crippen molar-refractivity contribution in [2.75, 3.05) is 0 Å². The van der Waals surface area contributed by atoms with Crippen LogP contribution in [0.3, 0.4) is 0 Å². The van der Waals surface area contributed by atoms with E-state index in [-0.39, 0.29) is 11.9 Å². The summed E-state index contributed by atoms with van der Waals surface area (Å²) >= 11 is 3.26. The SMILES string of the molecule is CCn1cc(C(N)c2cc(F)cc(Br)c2)cn1. The molecule has 0 bridgehead atoms. The lowest BCUT2D eigenvalue weighted by Crippen LogP contribution is -2.11. The number of halogens is 2. The van der Waals surface area contributed by atoms with Crippen LogP contribution in [0.2, 0.25) is 0 Å². The fraction of sp³-hybridized carbons (Fsp3) is 0.250. The monoisotopic (exact) mass is 297 g/mol. The molecule has 2 rings (SSSR count). The number of rotatable bonds is 3. The van der Waals surface area contributed by atoms with Crippen LogP contribution in [0.15, 0.2) is 35.1 Å². The minimum absolute atomic E-state index is 0.298. The van der Waals surface area contributed by atoms with Crippen molar-refractivity contribution in [3.05, 3.63) is 52.0 Å². The lowest BCUT2D eigenvalue weighted by molar-refractivity contribution is 0.622. The lowest BCUT2D eigenvalue weighted by Gasteiger charge is -2.10. The Morgan fingerprint density at radius 1 is 1.41 bits per heavy atom. The van der Waals surface area contributed by atoms with Gasteiger partial charge in [-0.1, -0.05) is 15.9 Å². The van der Waals surface area contributed by atoms with E-state index in [1.54, 1.807) is 10.9 Å². The minimum atomic E-state index is -0.359. The van der Waals surface area contributed by atoms with Crippen molar-refractivity contribution < 1.29 is 4.39 Å². The maximum absolute atomic E-state index is 13.3. The van der Waals surface area contributed by atoms with Gasteiger partial charge in [0.15, 0.2) is 0 Å². The molecular weight excluding hydrogens is 285 g/mol. The Labute approximate surface area is 108 Å². The molecule has 1 unspecified atom stereocenters. The highest BCUT2D eigenvalue weighted by molar-refractivity contribution is 9.10. The summed E-state index contributed by atoms with van der Waals surface area (Å²) in [6.07, 6.45) is 3.59. The van der Waals surface area contributed by atoms with Crippen molar-refractivity contribution in [2.45, 2.75) is 19.5 Å². The second-order valence-corrected chi connectivity index (χ2v) is 4.73. The Balaban J connectivity index is 2.32. The fourth-order valence-electron chi connectivity index (χ4n) is 1.66. The highest BCUT2D eigenvalue weighted by atomic mass is 79.9. The van der Waals surface area contributed by atoms with Gasteiger partial charge in [-0.25, -0.2) is 4.39 Å². The second kappa shape index (κ2) is 4.98. The van der Waals surface area contributed by atoms with Crippen LogP contribution in [-0.4, -0.2) is 9.78 Å². The summed E-state index contributed by atoms with van der Waals surface area (Å²) in [4.78, 5) is 0. The maximum atomic E-state index is 13.3. The third-order valence-corrected chi connectivity index (χ3v) is 3.04. The molecule has 0 saturated heterocycles. The Bertz CT molecular complexity index is 504. The van der Waals surface area contributed by atoms with Crippen LogP contribution in [0, 0.1) is 5.82 Å². The molecule has 0 radical (unpaired) electrons. The van der Waals surface area contributed by atoms with E-state index in [9.17, 15) is 4.39 Å². The van der Waals surface area contributed by atoms with Crippen molar-refractivity contribution >= 4 is 15.9 Å². The molecule has 0 fully saturated rings. The molecule has 0 saturated carbocycles. The molecular formula is C12H13BrFN3. The highest BCUT2D eigenvalue weighted by Crippen LogP contribution is 2.23. The predicted molar refractivity (Wildman–Crippen MR) is 68.0 cm³/mol. The van der Waals surface area contributed by atoms with Crippen molar-refractivity contribution in [3.63, 3.8) is 0 Å². The zero-order valence-electron chi connectivity index (χ0n) is 9.40. The zero-order valence-corrected chi connectivity index (χ0v) is 11.0. The molecule has 1 aromatic heterocycles. The summed E-state index contributed by atoms with van der Waals surface area (Å²) in [6, 6.07) is 4.31. The van der Waals surface area contributed by atoms with Crippen LogP contribution >= 0.6 is 15.9 Å². The number of benzene rings is 1. The van der Waals surface area contributed by atoms with Crippen LogP contribution < -0.4 is 5.73 Å². The van der Waals surface area contributed by atoms with Crippen molar-refractivity contribution in [2.24, 2.45) is 5.73 Å². The zero-order chi connectivity index (χ0) is 12.4. The standard InChI is InChI=1S/C12H13BrFN3/c1-2-17-7-9(6-16-17)12(15)8-3-10(13)5-11(14)4-8/h3-7,12H,2,15H2,1H3. The van der Waals surface area contributed by atoms with E-state index < -0.39 is 0 Å². The molecule has 1 atom stereocenters. The molecule has 0 aliphatic heterocycles. The molecule has 0 spiro atoms. The first-order chi connectivity index (χ1) is 8.10. The van der Waals surface area contributed by atoms with E-state index in [4.69, 9.17) is 5.73 Å². The quantitative estimate of drug-likeness (QED) is 0.947. The molecule has 17 heavy (non-hydrogen) atoms. The largest absolute Gasteiger partial charge is 0.320 e. The number of nitrogens with zero attached hydrogens (tertiary/aromatic N) is 2. The van der Waals surface area contributed by atoms with E-state index in [2.05, 4.69) is 21.0 Å². The van der Waals surface area contributed by atoms with E-state index in [1.807, 2.05) is 19.2 Å². The Hall–Kier alpha value is -1.20. The highest BCUT2D eigenvalue weighted by Gasteiger charge is 2.12. The first kappa shape index (κ1) is 12.3. The van der Waals surface area contributed by atoms with Crippen LogP contribution in [0.25, 0.3) is 0 Å². The summed E-state index contributed by atoms with van der Waals surface area (Å²) in [6.45, 7) is 2.79. The predicted octanol–water partition coefficient (Wildman–Crippen LogP) is 2.85. The van der Waals surface area contributed by atoms with Gasteiger partial charge in [0, 0.05) is 22.8 Å². The molecule has 2 aromatic rings. The molecule has 0 amide bonds. The summed E-state index contributed by atoms with van der Waals surface area (Å²) in [5.74, 6) is -0.298. The molecule has 1 aromatic carbocycles. The Kier molecular flexibility index (Phi) is 3.59. The summed E-state index contributed by atoms with van der Waals surface area (Å²) in [5, 5.41) is 4.16. The lowest BCUT2D eigenvalue weighted by atomic mass is 10.0. The number of aryl methyl sites for hydroxylation is 1. The first-order valence-corrected chi connectivity index (χ1v) is 6.13. The molecule has 0 aliphatic rings. The van der Waals surface area contributed by atoms with Crippen LogP contribution in [-0.2, 0) is 6.54 Å². The molecule has 0 aliphatic carbocycles. The van der Waals surface area contributed by atoms with Crippen molar-refractivity contribution in [3.8, 4) is 0 Å². The van der Waals surface area contributed by atoms with E-state index in [0.717, 1.165) is 17.7 Å². The third kappa shape index (κ3) is 2.73. The average molecular weight is 298 g/mol. The van der Waals surface area contributed by atoms with Gasteiger partial charge in [-0.05, 0) is 30.7 Å². The van der Waals surface area contributed by atoms with E-state index in [1.165, 1.54) is 12.1 Å².